The van der Waals surface area contributed by atoms with Gasteiger partial charge in [-0.3, -0.25) is 0 Å². The second-order valence-corrected chi connectivity index (χ2v) is 4.73. The molecule has 0 spiro atoms. The zero-order valence-corrected chi connectivity index (χ0v) is 11.9. The molecular weight excluding hydrogens is 272 g/mol. The van der Waals surface area contributed by atoms with Crippen molar-refractivity contribution < 1.29 is 9.84 Å². The van der Waals surface area contributed by atoms with Crippen molar-refractivity contribution in [1.82, 2.24) is 0 Å². The highest BCUT2D eigenvalue weighted by molar-refractivity contribution is 6.32. The molecule has 102 valence electrons. The van der Waals surface area contributed by atoms with Gasteiger partial charge in [-0.25, -0.2) is 0 Å². The Morgan fingerprint density at radius 1 is 1.20 bits per heavy atom. The first-order valence-corrected chi connectivity index (χ1v) is 6.69. The van der Waals surface area contributed by atoms with Crippen molar-refractivity contribution in [1.29, 1.82) is 0 Å². The van der Waals surface area contributed by atoms with Gasteiger partial charge in [-0.1, -0.05) is 47.7 Å². The highest BCUT2D eigenvalue weighted by Crippen LogP contribution is 2.27. The molecule has 0 saturated heterocycles. The maximum Gasteiger partial charge on any atom is 0.149 e. The first-order valence-electron chi connectivity index (χ1n) is 6.31. The van der Waals surface area contributed by atoms with Crippen molar-refractivity contribution in [2.24, 2.45) is 0 Å². The van der Waals surface area contributed by atoms with E-state index in [4.69, 9.17) is 16.3 Å². The van der Waals surface area contributed by atoms with Gasteiger partial charge in [-0.2, -0.15) is 0 Å². The van der Waals surface area contributed by atoms with Crippen molar-refractivity contribution >= 4 is 11.6 Å². The van der Waals surface area contributed by atoms with E-state index in [2.05, 4.69) is 11.8 Å². The fraction of sp³-hybridized carbons (Fsp3) is 0.176. The van der Waals surface area contributed by atoms with Crippen LogP contribution in [0.1, 0.15) is 24.2 Å². The van der Waals surface area contributed by atoms with Crippen molar-refractivity contribution in [2.45, 2.75) is 13.0 Å². The maximum atomic E-state index is 9.46. The highest BCUT2D eigenvalue weighted by Gasteiger charge is 2.05. The molecule has 2 aromatic rings. The number of hydrogen-bond acceptors (Lipinski definition) is 2. The molecular formula is C17H15ClO2. The number of aliphatic hydroxyl groups excluding tert-OH is 1. The average Bonchev–Trinajstić information content (AvgIpc) is 2.46. The Kier molecular flexibility index (Phi) is 5.06. The van der Waals surface area contributed by atoms with E-state index in [1.807, 2.05) is 30.3 Å². The van der Waals surface area contributed by atoms with Crippen LogP contribution in [0.25, 0.3) is 0 Å². The summed E-state index contributed by atoms with van der Waals surface area (Å²) in [4.78, 5) is 0. The van der Waals surface area contributed by atoms with Crippen molar-refractivity contribution in [3.8, 4) is 17.6 Å². The molecule has 0 heterocycles. The lowest BCUT2D eigenvalue weighted by atomic mass is 10.1. The van der Waals surface area contributed by atoms with Crippen LogP contribution in [0.2, 0.25) is 5.02 Å². The first-order chi connectivity index (χ1) is 9.66. The summed E-state index contributed by atoms with van der Waals surface area (Å²) in [6.45, 7) is 1.96. The van der Waals surface area contributed by atoms with Gasteiger partial charge in [0, 0.05) is 5.56 Å². The summed E-state index contributed by atoms with van der Waals surface area (Å²) >= 11 is 6.09. The molecule has 20 heavy (non-hydrogen) atoms. The Hall–Kier alpha value is -1.95. The Labute approximate surface area is 124 Å². The lowest BCUT2D eigenvalue weighted by Gasteiger charge is -2.08. The molecule has 3 heteroatoms. The normalized spacial score (nSPS) is 11.3. The highest BCUT2D eigenvalue weighted by atomic mass is 35.5. The number of halogens is 1. The summed E-state index contributed by atoms with van der Waals surface area (Å²) in [7, 11) is 0. The summed E-state index contributed by atoms with van der Waals surface area (Å²) in [5.74, 6) is 6.51. The fourth-order valence-corrected chi connectivity index (χ4v) is 1.91. The maximum absolute atomic E-state index is 9.46. The molecule has 0 radical (unpaired) electrons. The quantitative estimate of drug-likeness (QED) is 0.869. The van der Waals surface area contributed by atoms with Gasteiger partial charge in [0.05, 0.1) is 11.1 Å². The minimum atomic E-state index is -0.542. The van der Waals surface area contributed by atoms with Crippen LogP contribution in [0.15, 0.2) is 48.5 Å². The SMILES string of the molecule is C[C@H](O)c1ccc(OCC#Cc2ccccc2)c(Cl)c1. The Morgan fingerprint density at radius 3 is 2.60 bits per heavy atom. The van der Waals surface area contributed by atoms with E-state index >= 15 is 0 Å². The van der Waals surface area contributed by atoms with Gasteiger partial charge in [-0.15, -0.1) is 0 Å². The molecule has 2 aromatic carbocycles. The van der Waals surface area contributed by atoms with Gasteiger partial charge in [0.25, 0.3) is 0 Å². The largest absolute Gasteiger partial charge is 0.479 e. The molecule has 0 aliphatic heterocycles. The molecule has 0 aromatic heterocycles. The summed E-state index contributed by atoms with van der Waals surface area (Å²) in [5.41, 5.74) is 1.71. The molecule has 1 atom stereocenters. The Bertz CT molecular complexity index is 624. The lowest BCUT2D eigenvalue weighted by molar-refractivity contribution is 0.199. The van der Waals surface area contributed by atoms with E-state index in [1.165, 1.54) is 0 Å². The summed E-state index contributed by atoms with van der Waals surface area (Å²) in [6, 6.07) is 14.9. The van der Waals surface area contributed by atoms with Crippen LogP contribution >= 0.6 is 11.6 Å². The summed E-state index contributed by atoms with van der Waals surface area (Å²) < 4.78 is 5.51. The van der Waals surface area contributed by atoms with Crippen molar-refractivity contribution in [3.05, 3.63) is 64.7 Å². The summed E-state index contributed by atoms with van der Waals surface area (Å²) in [5, 5.41) is 9.93. The predicted molar refractivity (Wildman–Crippen MR) is 80.9 cm³/mol. The topological polar surface area (TPSA) is 29.5 Å². The smallest absolute Gasteiger partial charge is 0.149 e. The number of benzene rings is 2. The van der Waals surface area contributed by atoms with Gasteiger partial charge in [0.2, 0.25) is 0 Å². The number of aliphatic hydroxyl groups is 1. The number of rotatable bonds is 3. The summed E-state index contributed by atoms with van der Waals surface area (Å²) in [6.07, 6.45) is -0.542. The van der Waals surface area contributed by atoms with Gasteiger partial charge in [0.1, 0.15) is 12.4 Å². The van der Waals surface area contributed by atoms with E-state index in [0.29, 0.717) is 10.8 Å². The molecule has 2 rings (SSSR count). The monoisotopic (exact) mass is 286 g/mol. The van der Waals surface area contributed by atoms with Crippen LogP contribution < -0.4 is 4.74 Å². The second kappa shape index (κ2) is 7.00. The Balaban J connectivity index is 1.97. The van der Waals surface area contributed by atoms with Crippen LogP contribution in [0.5, 0.6) is 5.75 Å². The molecule has 0 unspecified atom stereocenters. The predicted octanol–water partition coefficient (Wildman–Crippen LogP) is 3.82. The molecule has 0 aliphatic rings. The fourth-order valence-electron chi connectivity index (χ4n) is 1.67. The van der Waals surface area contributed by atoms with Crippen molar-refractivity contribution in [3.63, 3.8) is 0 Å². The minimum Gasteiger partial charge on any atom is -0.479 e. The molecule has 0 aliphatic carbocycles. The van der Waals surface area contributed by atoms with Crippen LogP contribution in [0.4, 0.5) is 0 Å². The van der Waals surface area contributed by atoms with E-state index in [-0.39, 0.29) is 6.61 Å². The van der Waals surface area contributed by atoms with E-state index in [9.17, 15) is 5.11 Å². The van der Waals surface area contributed by atoms with Gasteiger partial charge in [-0.05, 0) is 36.8 Å². The Morgan fingerprint density at radius 2 is 1.95 bits per heavy atom. The molecule has 0 fully saturated rings. The van der Waals surface area contributed by atoms with Crippen LogP contribution in [0.3, 0.4) is 0 Å². The van der Waals surface area contributed by atoms with Crippen molar-refractivity contribution in [2.75, 3.05) is 6.61 Å². The zero-order chi connectivity index (χ0) is 14.4. The molecule has 0 saturated carbocycles. The zero-order valence-electron chi connectivity index (χ0n) is 11.1. The van der Waals surface area contributed by atoms with E-state index in [1.54, 1.807) is 25.1 Å². The third-order valence-electron chi connectivity index (χ3n) is 2.74. The van der Waals surface area contributed by atoms with Gasteiger partial charge in [0.15, 0.2) is 0 Å². The standard InChI is InChI=1S/C17H15ClO2/c1-13(19)15-9-10-17(16(18)12-15)20-11-5-8-14-6-3-2-4-7-14/h2-4,6-7,9-10,12-13,19H,11H2,1H3/t13-/m0/s1. The first kappa shape index (κ1) is 14.5. The van der Waals surface area contributed by atoms with Gasteiger partial charge < -0.3 is 9.84 Å². The lowest BCUT2D eigenvalue weighted by Crippen LogP contribution is -1.96. The second-order valence-electron chi connectivity index (χ2n) is 4.32. The molecule has 1 N–H and O–H groups in total. The van der Waals surface area contributed by atoms with Crippen LogP contribution in [-0.4, -0.2) is 11.7 Å². The van der Waals surface area contributed by atoms with Gasteiger partial charge >= 0.3 is 0 Å². The molecule has 0 amide bonds. The number of hydrogen-bond donors (Lipinski definition) is 1. The van der Waals surface area contributed by atoms with E-state index < -0.39 is 6.10 Å². The minimum absolute atomic E-state index is 0.267. The average molecular weight is 287 g/mol. The third-order valence-corrected chi connectivity index (χ3v) is 3.04. The van der Waals surface area contributed by atoms with E-state index in [0.717, 1.165) is 11.1 Å². The van der Waals surface area contributed by atoms with Crippen LogP contribution in [-0.2, 0) is 0 Å². The third kappa shape index (κ3) is 4.03. The van der Waals surface area contributed by atoms with Crippen LogP contribution in [0, 0.1) is 11.8 Å². The molecule has 2 nitrogen and oxygen atoms in total. The molecule has 0 bridgehead atoms. The number of ether oxygens (including phenoxy) is 1.